The van der Waals surface area contributed by atoms with Gasteiger partial charge in [0.05, 0.1) is 17.8 Å². The van der Waals surface area contributed by atoms with E-state index in [1.54, 1.807) is 72.8 Å². The van der Waals surface area contributed by atoms with Crippen LogP contribution in [-0.4, -0.2) is 68.3 Å². The standard InChI is InChI=1S/C8H16N2.2C7H6O2.C7H6OS.2ClH.4Na.2H2O/c1-3-4-5-10-7-6-9(2)8-10;3*8-7(9)6-4-2-1-3-5-6;;;;;;;;/h6-7H,3-5,8H2,1-2H3;3*1-5H,(H,8,9);2*1H;;;;;2*1H2/q;;;;;;4*+1;;/p-3. The Bertz CT molecular complexity index is 1010. The SMILES string of the molecule is CCCCN1C=CN(C)C1.O.O=C(O)c1ccccc1.O=C(O)c1ccccc1.O=C(S)c1ccccc1.[Cl-].[Cl-].[Na+].[Na+].[Na+].[Na+].[OH-]. The number of nitrogens with zero attached hydrogens (tertiary/aromatic N) is 2. The molecule has 4 rings (SSSR count). The quantitative estimate of drug-likeness (QED) is 0.167. The number of unbranched alkanes of at least 4 members (excludes halogenated alkanes) is 1. The van der Waals surface area contributed by atoms with Crippen LogP contribution in [0.15, 0.2) is 103 Å². The summed E-state index contributed by atoms with van der Waals surface area (Å²) in [5, 5.41) is 16.6. The Labute approximate surface area is 373 Å². The third-order valence-corrected chi connectivity index (χ3v) is 5.06. The first-order valence-corrected chi connectivity index (χ1v) is 12.2. The third-order valence-electron chi connectivity index (χ3n) is 4.80. The molecule has 45 heavy (non-hydrogen) atoms. The summed E-state index contributed by atoms with van der Waals surface area (Å²) in [4.78, 5) is 35.4. The van der Waals surface area contributed by atoms with E-state index in [1.807, 2.05) is 18.2 Å². The zero-order chi connectivity index (χ0) is 27.5. The average Bonchev–Trinajstić information content (AvgIpc) is 3.35. The van der Waals surface area contributed by atoms with Crippen molar-refractivity contribution in [2.45, 2.75) is 19.8 Å². The second-order valence-electron chi connectivity index (χ2n) is 7.88. The number of hydrogen-bond acceptors (Lipinski definition) is 6. The maximum Gasteiger partial charge on any atom is 1.00 e. The van der Waals surface area contributed by atoms with Crippen LogP contribution in [0, 0.1) is 0 Å². The van der Waals surface area contributed by atoms with Gasteiger partial charge in [0.1, 0.15) is 0 Å². The van der Waals surface area contributed by atoms with Crippen molar-refractivity contribution < 1.29 is 179 Å². The van der Waals surface area contributed by atoms with E-state index < -0.39 is 11.9 Å². The van der Waals surface area contributed by atoms with Crippen LogP contribution in [0.4, 0.5) is 0 Å². The predicted molar refractivity (Wildman–Crippen MR) is 155 cm³/mol. The van der Waals surface area contributed by atoms with Crippen molar-refractivity contribution in [3.8, 4) is 0 Å². The number of carbonyl (C=O) groups excluding carboxylic acids is 1. The molecule has 0 atom stereocenters. The second-order valence-corrected chi connectivity index (χ2v) is 8.28. The zero-order valence-corrected chi connectivity index (χ0v) is 37.2. The van der Waals surface area contributed by atoms with Crippen molar-refractivity contribution in [1.82, 2.24) is 9.80 Å². The first-order chi connectivity index (χ1) is 17.7. The van der Waals surface area contributed by atoms with Crippen LogP contribution in [0.1, 0.15) is 50.8 Å². The van der Waals surface area contributed by atoms with Crippen molar-refractivity contribution in [2.75, 3.05) is 20.3 Å². The molecule has 0 saturated carbocycles. The van der Waals surface area contributed by atoms with Gasteiger partial charge in [0.25, 0.3) is 0 Å². The van der Waals surface area contributed by atoms with Gasteiger partial charge in [-0.1, -0.05) is 80.1 Å². The maximum atomic E-state index is 10.5. The molecule has 0 spiro atoms. The number of carboxylic acids is 2. The van der Waals surface area contributed by atoms with E-state index >= 15 is 0 Å². The Morgan fingerprint density at radius 1 is 0.689 bits per heavy atom. The van der Waals surface area contributed by atoms with Gasteiger partial charge in [0.2, 0.25) is 5.12 Å². The van der Waals surface area contributed by atoms with Gasteiger partial charge < -0.3 is 55.8 Å². The van der Waals surface area contributed by atoms with Crippen molar-refractivity contribution >= 4 is 29.7 Å². The molecule has 0 bridgehead atoms. The van der Waals surface area contributed by atoms with Crippen LogP contribution < -0.4 is 143 Å². The molecule has 3 aromatic rings. The van der Waals surface area contributed by atoms with Crippen LogP contribution in [0.5, 0.6) is 0 Å². The van der Waals surface area contributed by atoms with Crippen LogP contribution in [-0.2, 0) is 0 Å². The Morgan fingerprint density at radius 3 is 1.22 bits per heavy atom. The Hall–Kier alpha value is 0.460. The maximum absolute atomic E-state index is 10.5. The molecule has 0 fully saturated rings. The van der Waals surface area contributed by atoms with Crippen LogP contribution in [0.3, 0.4) is 0 Å². The second kappa shape index (κ2) is 40.6. The van der Waals surface area contributed by atoms with Crippen LogP contribution >= 0.6 is 12.6 Å². The topological polar surface area (TPSA) is 160 Å². The van der Waals surface area contributed by atoms with Crippen LogP contribution in [0.2, 0.25) is 0 Å². The largest absolute Gasteiger partial charge is 1.00 e. The van der Waals surface area contributed by atoms with E-state index in [2.05, 4.69) is 48.8 Å². The molecular formula is C29H37Cl2N2Na4O7S+. The van der Waals surface area contributed by atoms with E-state index in [0.717, 1.165) is 6.67 Å². The molecule has 0 radical (unpaired) electrons. The normalized spacial score (nSPS) is 9.13. The summed E-state index contributed by atoms with van der Waals surface area (Å²) in [5.41, 5.74) is 1.30. The molecule has 0 aliphatic carbocycles. The van der Waals surface area contributed by atoms with Gasteiger partial charge in [0, 0.05) is 31.6 Å². The Kier molecular flexibility index (Phi) is 57.8. The van der Waals surface area contributed by atoms with Gasteiger partial charge in [-0.2, -0.15) is 0 Å². The minimum Gasteiger partial charge on any atom is -1.00 e. The summed E-state index contributed by atoms with van der Waals surface area (Å²) in [5.74, 6) is -1.76. The van der Waals surface area contributed by atoms with Gasteiger partial charge >= 0.3 is 130 Å². The smallest absolute Gasteiger partial charge is 1.00 e. The Balaban J connectivity index is -0.0000000639. The zero-order valence-electron chi connectivity index (χ0n) is 26.8. The number of thiol groups is 1. The molecule has 0 unspecified atom stereocenters. The molecule has 0 saturated heterocycles. The van der Waals surface area contributed by atoms with Gasteiger partial charge in [-0.05, 0) is 30.7 Å². The summed E-state index contributed by atoms with van der Waals surface area (Å²) < 4.78 is 0. The van der Waals surface area contributed by atoms with E-state index in [0.29, 0.717) is 16.7 Å². The van der Waals surface area contributed by atoms with Gasteiger partial charge in [-0.3, -0.25) is 4.79 Å². The molecule has 228 valence electrons. The molecule has 1 aliphatic rings. The fourth-order valence-corrected chi connectivity index (χ4v) is 2.99. The molecule has 1 heterocycles. The molecule has 9 nitrogen and oxygen atoms in total. The summed E-state index contributed by atoms with van der Waals surface area (Å²) in [7, 11) is 2.10. The number of hydrogen-bond donors (Lipinski definition) is 3. The first-order valence-electron chi connectivity index (χ1n) is 11.7. The summed E-state index contributed by atoms with van der Waals surface area (Å²) >= 11 is 3.65. The summed E-state index contributed by atoms with van der Waals surface area (Å²) in [6, 6.07) is 25.5. The molecular weight excluding hydrogens is 683 g/mol. The van der Waals surface area contributed by atoms with Crippen LogP contribution in [0.25, 0.3) is 0 Å². The van der Waals surface area contributed by atoms with E-state index in [-0.39, 0.29) is 159 Å². The monoisotopic (exact) mass is 719 g/mol. The van der Waals surface area contributed by atoms with Crippen molar-refractivity contribution in [3.05, 3.63) is 120 Å². The molecule has 5 N–H and O–H groups in total. The molecule has 3 aromatic carbocycles. The predicted octanol–water partition coefficient (Wildman–Crippen LogP) is -13.0. The molecule has 0 aromatic heterocycles. The van der Waals surface area contributed by atoms with Crippen molar-refractivity contribution in [1.29, 1.82) is 0 Å². The number of rotatable bonds is 6. The average molecular weight is 721 g/mol. The minimum absolute atomic E-state index is 0. The third kappa shape index (κ3) is 32.8. The summed E-state index contributed by atoms with van der Waals surface area (Å²) in [6.07, 6.45) is 6.87. The number of carboxylic acid groups (broad SMARTS) is 2. The van der Waals surface area contributed by atoms with Gasteiger partial charge in [0.15, 0.2) is 0 Å². The number of carbonyl (C=O) groups is 3. The van der Waals surface area contributed by atoms with Gasteiger partial charge in [-0.25, -0.2) is 9.59 Å². The summed E-state index contributed by atoms with van der Waals surface area (Å²) in [6.45, 7) is 4.50. The molecule has 0 amide bonds. The fourth-order valence-electron chi connectivity index (χ4n) is 2.84. The number of benzene rings is 3. The fraction of sp³-hybridized carbons (Fsp3) is 0.207. The van der Waals surface area contributed by atoms with Gasteiger partial charge in [-0.15, -0.1) is 12.6 Å². The number of halogens is 2. The Morgan fingerprint density at radius 2 is 1.02 bits per heavy atom. The van der Waals surface area contributed by atoms with E-state index in [9.17, 15) is 14.4 Å². The molecule has 16 heteroatoms. The van der Waals surface area contributed by atoms with Crippen molar-refractivity contribution in [2.24, 2.45) is 0 Å². The first kappa shape index (κ1) is 64.0. The molecule has 1 aliphatic heterocycles. The van der Waals surface area contributed by atoms with E-state index in [1.165, 1.54) is 19.4 Å². The minimum atomic E-state index is -0.879. The van der Waals surface area contributed by atoms with Crippen molar-refractivity contribution in [3.63, 3.8) is 0 Å². The van der Waals surface area contributed by atoms with E-state index in [4.69, 9.17) is 10.2 Å². The number of aromatic carboxylic acids is 2.